The fourth-order valence-corrected chi connectivity index (χ4v) is 3.13. The number of hydrogen-bond donors (Lipinski definition) is 1. The van der Waals surface area contributed by atoms with Crippen molar-refractivity contribution >= 4 is 28.3 Å². The summed E-state index contributed by atoms with van der Waals surface area (Å²) in [5, 5.41) is 6.67. The van der Waals surface area contributed by atoms with Crippen LogP contribution >= 0.6 is 11.3 Å². The number of rotatable bonds is 7. The lowest BCUT2D eigenvalue weighted by atomic mass is 10.1. The van der Waals surface area contributed by atoms with E-state index in [1.54, 1.807) is 38.3 Å². The first-order chi connectivity index (χ1) is 13.5. The molecule has 8 nitrogen and oxygen atoms in total. The van der Waals surface area contributed by atoms with Gasteiger partial charge in [-0.1, -0.05) is 29.1 Å². The van der Waals surface area contributed by atoms with Crippen molar-refractivity contribution in [3.8, 4) is 17.1 Å². The second-order valence-electron chi connectivity index (χ2n) is 5.58. The van der Waals surface area contributed by atoms with Gasteiger partial charge in [0, 0.05) is 11.6 Å². The molecule has 0 unspecified atom stereocenters. The smallest absolute Gasteiger partial charge is 0.350 e. The summed E-state index contributed by atoms with van der Waals surface area (Å²) in [6, 6.07) is 8.68. The third kappa shape index (κ3) is 4.26. The zero-order valence-corrected chi connectivity index (χ0v) is 16.0. The fraction of sp³-hybridized carbons (Fsp3) is 0.158. The standard InChI is InChI=1S/C19H17N3O5S/c1-4-9-26-18(24)16-11(2)20-19(28-16)21-17(23)14-10-15(27-22-14)12-5-7-13(25-3)8-6-12/h4-8,10H,1,9H2,2-3H3,(H,20,21,23). The number of thiazole rings is 1. The van der Waals surface area contributed by atoms with Gasteiger partial charge in [-0.05, 0) is 31.2 Å². The molecular weight excluding hydrogens is 382 g/mol. The molecular formula is C19H17N3O5S. The number of amides is 1. The molecule has 1 amide bonds. The SMILES string of the molecule is C=CCOC(=O)c1sc(NC(=O)c2cc(-c3ccc(OC)cc3)on2)nc1C. The van der Waals surface area contributed by atoms with Crippen molar-refractivity contribution in [1.29, 1.82) is 0 Å². The predicted octanol–water partition coefficient (Wildman–Crippen LogP) is 3.71. The molecule has 9 heteroatoms. The summed E-state index contributed by atoms with van der Waals surface area (Å²) in [6.45, 7) is 5.25. The maximum Gasteiger partial charge on any atom is 0.350 e. The molecule has 0 aliphatic rings. The van der Waals surface area contributed by atoms with Crippen LogP contribution in [0.3, 0.4) is 0 Å². The molecule has 28 heavy (non-hydrogen) atoms. The highest BCUT2D eigenvalue weighted by atomic mass is 32.1. The van der Waals surface area contributed by atoms with Gasteiger partial charge in [0.1, 0.15) is 17.2 Å². The normalized spacial score (nSPS) is 10.4. The van der Waals surface area contributed by atoms with E-state index >= 15 is 0 Å². The Balaban J connectivity index is 1.71. The average Bonchev–Trinajstić information content (AvgIpc) is 3.33. The molecule has 0 aliphatic carbocycles. The number of nitrogens with zero attached hydrogens (tertiary/aromatic N) is 2. The first-order valence-electron chi connectivity index (χ1n) is 8.19. The number of aryl methyl sites for hydroxylation is 1. The monoisotopic (exact) mass is 399 g/mol. The number of esters is 1. The molecule has 3 rings (SSSR count). The maximum absolute atomic E-state index is 12.4. The topological polar surface area (TPSA) is 104 Å². The van der Waals surface area contributed by atoms with Gasteiger partial charge in [-0.3, -0.25) is 10.1 Å². The number of methoxy groups -OCH3 is 1. The lowest BCUT2D eigenvalue weighted by molar-refractivity contribution is 0.0554. The Bertz CT molecular complexity index is 1010. The molecule has 0 saturated carbocycles. The summed E-state index contributed by atoms with van der Waals surface area (Å²) in [5.74, 6) is 0.140. The van der Waals surface area contributed by atoms with Crippen LogP contribution in [0, 0.1) is 6.92 Å². The summed E-state index contributed by atoms with van der Waals surface area (Å²) in [5.41, 5.74) is 1.31. The molecule has 3 aromatic rings. The number of benzene rings is 1. The van der Waals surface area contributed by atoms with E-state index in [0.717, 1.165) is 16.9 Å². The third-order valence-corrected chi connectivity index (χ3v) is 4.70. The van der Waals surface area contributed by atoms with Crippen LogP contribution < -0.4 is 10.1 Å². The number of anilines is 1. The van der Waals surface area contributed by atoms with Crippen LogP contribution in [0.15, 0.2) is 47.5 Å². The van der Waals surface area contributed by atoms with E-state index in [9.17, 15) is 9.59 Å². The number of hydrogen-bond acceptors (Lipinski definition) is 8. The Hall–Kier alpha value is -3.46. The minimum Gasteiger partial charge on any atom is -0.497 e. The quantitative estimate of drug-likeness (QED) is 0.477. The average molecular weight is 399 g/mol. The van der Waals surface area contributed by atoms with Crippen molar-refractivity contribution < 1.29 is 23.6 Å². The Labute approximate surface area is 164 Å². The van der Waals surface area contributed by atoms with Crippen molar-refractivity contribution in [2.24, 2.45) is 0 Å². The Morgan fingerprint density at radius 3 is 2.75 bits per heavy atom. The van der Waals surface area contributed by atoms with Gasteiger partial charge < -0.3 is 14.0 Å². The first kappa shape index (κ1) is 19.3. The molecule has 0 saturated heterocycles. The maximum atomic E-state index is 12.4. The molecule has 1 N–H and O–H groups in total. The van der Waals surface area contributed by atoms with Gasteiger partial charge in [0.25, 0.3) is 5.91 Å². The van der Waals surface area contributed by atoms with Gasteiger partial charge in [-0.25, -0.2) is 9.78 Å². The summed E-state index contributed by atoms with van der Waals surface area (Å²) < 4.78 is 15.3. The number of nitrogens with one attached hydrogen (secondary N) is 1. The Morgan fingerprint density at radius 1 is 1.32 bits per heavy atom. The van der Waals surface area contributed by atoms with E-state index in [1.165, 1.54) is 12.1 Å². The van der Waals surface area contributed by atoms with Crippen LogP contribution in [0.5, 0.6) is 5.75 Å². The molecule has 2 heterocycles. The van der Waals surface area contributed by atoms with Gasteiger partial charge in [0.2, 0.25) is 0 Å². The minimum atomic E-state index is -0.515. The lowest BCUT2D eigenvalue weighted by Gasteiger charge is -1.99. The molecule has 2 aromatic heterocycles. The van der Waals surface area contributed by atoms with Crippen LogP contribution in [0.1, 0.15) is 25.9 Å². The number of carbonyl (C=O) groups excluding carboxylic acids is 2. The zero-order chi connectivity index (χ0) is 20.1. The van der Waals surface area contributed by atoms with Crippen LogP contribution in [0.2, 0.25) is 0 Å². The second-order valence-corrected chi connectivity index (χ2v) is 6.58. The lowest BCUT2D eigenvalue weighted by Crippen LogP contribution is -2.11. The van der Waals surface area contributed by atoms with Crippen LogP contribution in [-0.4, -0.2) is 35.7 Å². The minimum absolute atomic E-state index is 0.0921. The first-order valence-corrected chi connectivity index (χ1v) is 9.01. The number of carbonyl (C=O) groups is 2. The van der Waals surface area contributed by atoms with E-state index in [4.69, 9.17) is 14.0 Å². The molecule has 0 radical (unpaired) electrons. The van der Waals surface area contributed by atoms with Crippen molar-refractivity contribution in [3.63, 3.8) is 0 Å². The summed E-state index contributed by atoms with van der Waals surface area (Å²) in [7, 11) is 1.58. The largest absolute Gasteiger partial charge is 0.497 e. The van der Waals surface area contributed by atoms with Crippen LogP contribution in [0.4, 0.5) is 5.13 Å². The van der Waals surface area contributed by atoms with E-state index in [1.807, 2.05) is 0 Å². The number of ether oxygens (including phenoxy) is 2. The second kappa shape index (κ2) is 8.49. The van der Waals surface area contributed by atoms with Crippen LogP contribution in [0.25, 0.3) is 11.3 Å². The third-order valence-electron chi connectivity index (χ3n) is 3.65. The number of aromatic nitrogens is 2. The molecule has 0 spiro atoms. The van der Waals surface area contributed by atoms with Gasteiger partial charge in [-0.2, -0.15) is 0 Å². The van der Waals surface area contributed by atoms with Gasteiger partial charge in [0.15, 0.2) is 16.6 Å². The van der Waals surface area contributed by atoms with Gasteiger partial charge in [-0.15, -0.1) is 0 Å². The molecule has 0 fully saturated rings. The molecule has 1 aromatic carbocycles. The van der Waals surface area contributed by atoms with Gasteiger partial charge in [0.05, 0.1) is 12.8 Å². The Kier molecular flexibility index (Phi) is 5.85. The van der Waals surface area contributed by atoms with Crippen molar-refractivity contribution in [2.75, 3.05) is 19.0 Å². The summed E-state index contributed by atoms with van der Waals surface area (Å²) >= 11 is 1.02. The van der Waals surface area contributed by atoms with Crippen LogP contribution in [-0.2, 0) is 4.74 Å². The van der Waals surface area contributed by atoms with Gasteiger partial charge >= 0.3 is 5.97 Å². The summed E-state index contributed by atoms with van der Waals surface area (Å²) in [4.78, 5) is 28.8. The molecule has 0 bridgehead atoms. The highest BCUT2D eigenvalue weighted by molar-refractivity contribution is 7.17. The zero-order valence-electron chi connectivity index (χ0n) is 15.2. The predicted molar refractivity (Wildman–Crippen MR) is 104 cm³/mol. The van der Waals surface area contributed by atoms with E-state index < -0.39 is 11.9 Å². The highest BCUT2D eigenvalue weighted by Crippen LogP contribution is 2.26. The fourth-order valence-electron chi connectivity index (χ4n) is 2.27. The van der Waals surface area contributed by atoms with E-state index in [0.29, 0.717) is 22.1 Å². The van der Waals surface area contributed by atoms with Crippen molar-refractivity contribution in [3.05, 3.63) is 59.3 Å². The highest BCUT2D eigenvalue weighted by Gasteiger charge is 2.20. The summed E-state index contributed by atoms with van der Waals surface area (Å²) in [6.07, 6.45) is 1.47. The molecule has 0 atom stereocenters. The Morgan fingerprint density at radius 2 is 2.07 bits per heavy atom. The van der Waals surface area contributed by atoms with Crippen molar-refractivity contribution in [2.45, 2.75) is 6.92 Å². The van der Waals surface area contributed by atoms with E-state index in [2.05, 4.69) is 22.0 Å². The molecule has 144 valence electrons. The van der Waals surface area contributed by atoms with Crippen molar-refractivity contribution in [1.82, 2.24) is 10.1 Å². The molecule has 0 aliphatic heterocycles. The van der Waals surface area contributed by atoms with E-state index in [-0.39, 0.29) is 17.4 Å².